The van der Waals surface area contributed by atoms with Crippen molar-refractivity contribution in [2.24, 2.45) is 10.9 Å². The zero-order valence-corrected chi connectivity index (χ0v) is 17.3. The molecule has 0 aromatic carbocycles. The number of esters is 1. The molecule has 0 saturated carbocycles. The summed E-state index contributed by atoms with van der Waals surface area (Å²) in [5, 5.41) is 3.84. The summed E-state index contributed by atoms with van der Waals surface area (Å²) >= 11 is 1.82. The van der Waals surface area contributed by atoms with Crippen LogP contribution in [0.25, 0.3) is 0 Å². The maximum atomic E-state index is 11.9. The molecule has 1 aliphatic rings. The monoisotopic (exact) mass is 443 g/mol. The number of carbonyl (C=O) groups excluding carboxylic acids is 1. The van der Waals surface area contributed by atoms with Crippen LogP contribution in [0.2, 0.25) is 0 Å². The second-order valence-corrected chi connectivity index (χ2v) is 6.55. The van der Waals surface area contributed by atoms with E-state index in [0.717, 1.165) is 38.4 Å². The number of piperidine rings is 1. The minimum Gasteiger partial charge on any atom is -0.466 e. The first kappa shape index (κ1) is 21.8. The van der Waals surface area contributed by atoms with E-state index in [1.54, 1.807) is 0 Å². The zero-order chi connectivity index (χ0) is 15.7. The van der Waals surface area contributed by atoms with Crippen molar-refractivity contribution >= 4 is 47.7 Å². The van der Waals surface area contributed by atoms with Gasteiger partial charge in [0.05, 0.1) is 19.1 Å². The third-order valence-electron chi connectivity index (χ3n) is 3.58. The molecule has 1 heterocycles. The van der Waals surface area contributed by atoms with Crippen LogP contribution in [0.15, 0.2) is 4.99 Å². The second kappa shape index (κ2) is 12.3. The molecule has 0 bridgehead atoms. The minimum atomic E-state index is -0.0736. The van der Waals surface area contributed by atoms with Gasteiger partial charge in [0.1, 0.15) is 0 Å². The molecule has 0 radical (unpaired) electrons. The molecule has 1 N–H and O–H groups in total. The number of likely N-dealkylation sites (tertiary alicyclic amines) is 1. The van der Waals surface area contributed by atoms with Gasteiger partial charge in [-0.15, -0.1) is 24.0 Å². The highest BCUT2D eigenvalue weighted by atomic mass is 127. The van der Waals surface area contributed by atoms with Crippen molar-refractivity contribution in [2.75, 3.05) is 39.0 Å². The van der Waals surface area contributed by atoms with Crippen LogP contribution in [0.5, 0.6) is 0 Å². The van der Waals surface area contributed by atoms with Gasteiger partial charge in [0, 0.05) is 24.9 Å². The van der Waals surface area contributed by atoms with E-state index in [0.29, 0.717) is 18.4 Å². The molecule has 1 rings (SSSR count). The normalized spacial score (nSPS) is 20.1. The zero-order valence-electron chi connectivity index (χ0n) is 14.1. The van der Waals surface area contributed by atoms with E-state index in [9.17, 15) is 4.79 Å². The molecule has 22 heavy (non-hydrogen) atoms. The molecule has 130 valence electrons. The Morgan fingerprint density at radius 2 is 2.23 bits per heavy atom. The van der Waals surface area contributed by atoms with Gasteiger partial charge in [-0.2, -0.15) is 11.8 Å². The summed E-state index contributed by atoms with van der Waals surface area (Å²) < 4.78 is 5.16. The maximum Gasteiger partial charge on any atom is 0.310 e. The van der Waals surface area contributed by atoms with E-state index < -0.39 is 0 Å². The molecule has 5 nitrogen and oxygen atoms in total. The van der Waals surface area contributed by atoms with Crippen LogP contribution in [-0.2, 0) is 9.53 Å². The number of hydrogen-bond acceptors (Lipinski definition) is 4. The van der Waals surface area contributed by atoms with Gasteiger partial charge in [-0.1, -0.05) is 6.92 Å². The predicted molar refractivity (Wildman–Crippen MR) is 105 cm³/mol. The van der Waals surface area contributed by atoms with E-state index in [1.807, 2.05) is 18.7 Å². The fourth-order valence-electron chi connectivity index (χ4n) is 2.34. The predicted octanol–water partition coefficient (Wildman–Crippen LogP) is 2.60. The van der Waals surface area contributed by atoms with Gasteiger partial charge in [-0.05, 0) is 32.9 Å². The first-order chi connectivity index (χ1) is 10.1. The summed E-state index contributed by atoms with van der Waals surface area (Å²) in [6.45, 7) is 9.85. The van der Waals surface area contributed by atoms with Gasteiger partial charge in [-0.3, -0.25) is 9.79 Å². The highest BCUT2D eigenvalue weighted by Gasteiger charge is 2.28. The van der Waals surface area contributed by atoms with E-state index in [2.05, 4.69) is 30.3 Å². The van der Waals surface area contributed by atoms with Crippen LogP contribution in [0, 0.1) is 5.92 Å². The SMILES string of the molecule is CCNC(=NCC(C)SC)N1CCCC(C(=O)OCC)C1.I. The number of aliphatic imine (C=N–C) groups is 1. The number of ether oxygens (including phenoxy) is 1. The van der Waals surface area contributed by atoms with Crippen LogP contribution in [0.3, 0.4) is 0 Å². The largest absolute Gasteiger partial charge is 0.466 e. The summed E-state index contributed by atoms with van der Waals surface area (Å²) in [7, 11) is 0. The van der Waals surface area contributed by atoms with Gasteiger partial charge >= 0.3 is 5.97 Å². The molecule has 1 fully saturated rings. The number of hydrogen-bond donors (Lipinski definition) is 1. The third-order valence-corrected chi connectivity index (χ3v) is 4.53. The summed E-state index contributed by atoms with van der Waals surface area (Å²) in [6, 6.07) is 0. The third kappa shape index (κ3) is 7.39. The molecule has 0 aromatic heterocycles. The Bertz CT molecular complexity index is 356. The van der Waals surface area contributed by atoms with Crippen LogP contribution in [-0.4, -0.2) is 61.1 Å². The molecule has 2 atom stereocenters. The fraction of sp³-hybridized carbons (Fsp3) is 0.867. The van der Waals surface area contributed by atoms with Crippen molar-refractivity contribution in [3.8, 4) is 0 Å². The minimum absolute atomic E-state index is 0. The molecule has 0 aromatic rings. The molecule has 1 aliphatic heterocycles. The van der Waals surface area contributed by atoms with E-state index in [1.165, 1.54) is 0 Å². The summed E-state index contributed by atoms with van der Waals surface area (Å²) in [4.78, 5) is 18.8. The Morgan fingerprint density at radius 3 is 2.82 bits per heavy atom. The lowest BCUT2D eigenvalue weighted by molar-refractivity contribution is -0.149. The lowest BCUT2D eigenvalue weighted by atomic mass is 9.98. The highest BCUT2D eigenvalue weighted by Crippen LogP contribution is 2.18. The number of carbonyl (C=O) groups is 1. The Labute approximate surface area is 156 Å². The van der Waals surface area contributed by atoms with Gasteiger partial charge < -0.3 is 15.0 Å². The van der Waals surface area contributed by atoms with Gasteiger partial charge in [0.25, 0.3) is 0 Å². The first-order valence-corrected chi connectivity index (χ1v) is 9.13. The Hall–Kier alpha value is -0.180. The van der Waals surface area contributed by atoms with Crippen LogP contribution >= 0.6 is 35.7 Å². The van der Waals surface area contributed by atoms with Crippen molar-refractivity contribution in [2.45, 2.75) is 38.9 Å². The average Bonchev–Trinajstić information content (AvgIpc) is 2.51. The molecule has 0 spiro atoms. The maximum absolute atomic E-state index is 11.9. The molecule has 0 aliphatic carbocycles. The van der Waals surface area contributed by atoms with Crippen molar-refractivity contribution in [1.29, 1.82) is 0 Å². The quantitative estimate of drug-likeness (QED) is 0.296. The Balaban J connectivity index is 0.00000441. The van der Waals surface area contributed by atoms with E-state index in [4.69, 9.17) is 9.73 Å². The molecule has 2 unspecified atom stereocenters. The Kier molecular flexibility index (Phi) is 12.2. The number of rotatable bonds is 6. The first-order valence-electron chi connectivity index (χ1n) is 7.85. The lowest BCUT2D eigenvalue weighted by Crippen LogP contribution is -2.48. The lowest BCUT2D eigenvalue weighted by Gasteiger charge is -2.34. The molecule has 0 amide bonds. The summed E-state index contributed by atoms with van der Waals surface area (Å²) in [5.74, 6) is 0.823. The van der Waals surface area contributed by atoms with Crippen LogP contribution in [0.4, 0.5) is 0 Å². The number of nitrogens with zero attached hydrogens (tertiary/aromatic N) is 2. The number of guanidine groups is 1. The summed E-state index contributed by atoms with van der Waals surface area (Å²) in [5.41, 5.74) is 0. The highest BCUT2D eigenvalue weighted by molar-refractivity contribution is 14.0. The van der Waals surface area contributed by atoms with Crippen molar-refractivity contribution in [1.82, 2.24) is 10.2 Å². The van der Waals surface area contributed by atoms with Gasteiger partial charge in [0.2, 0.25) is 0 Å². The van der Waals surface area contributed by atoms with Crippen molar-refractivity contribution < 1.29 is 9.53 Å². The van der Waals surface area contributed by atoms with Crippen molar-refractivity contribution in [3.63, 3.8) is 0 Å². The van der Waals surface area contributed by atoms with E-state index in [-0.39, 0.29) is 35.9 Å². The number of thioether (sulfide) groups is 1. The molecular formula is C15H30IN3O2S. The van der Waals surface area contributed by atoms with Gasteiger partial charge in [-0.25, -0.2) is 0 Å². The second-order valence-electron chi connectivity index (χ2n) is 5.28. The molecule has 1 saturated heterocycles. The van der Waals surface area contributed by atoms with Crippen molar-refractivity contribution in [3.05, 3.63) is 0 Å². The summed E-state index contributed by atoms with van der Waals surface area (Å²) in [6.07, 6.45) is 4.02. The standard InChI is InChI=1S/C15H29N3O2S.HI/c1-5-16-15(17-10-12(3)21-4)18-9-7-8-13(11-18)14(19)20-6-2;/h12-13H,5-11H2,1-4H3,(H,16,17);1H. The smallest absolute Gasteiger partial charge is 0.310 e. The molecule has 7 heteroatoms. The fourth-order valence-corrected chi connectivity index (χ4v) is 2.56. The molecular weight excluding hydrogens is 413 g/mol. The van der Waals surface area contributed by atoms with Crippen LogP contribution in [0.1, 0.15) is 33.6 Å². The number of nitrogens with one attached hydrogen (secondary N) is 1. The topological polar surface area (TPSA) is 53.9 Å². The van der Waals surface area contributed by atoms with Gasteiger partial charge in [0.15, 0.2) is 5.96 Å². The van der Waals surface area contributed by atoms with E-state index >= 15 is 0 Å². The number of halogens is 1. The Morgan fingerprint density at radius 1 is 1.50 bits per heavy atom. The average molecular weight is 443 g/mol. The van der Waals surface area contributed by atoms with Crippen LogP contribution < -0.4 is 5.32 Å².